The van der Waals surface area contributed by atoms with Crippen LogP contribution < -0.4 is 16.4 Å². The van der Waals surface area contributed by atoms with Crippen LogP contribution >= 0.6 is 0 Å². The van der Waals surface area contributed by atoms with Crippen LogP contribution in [0.4, 0.5) is 0 Å². The van der Waals surface area contributed by atoms with Crippen LogP contribution in [0.15, 0.2) is 0 Å². The highest BCUT2D eigenvalue weighted by atomic mass is 16.2. The van der Waals surface area contributed by atoms with Crippen LogP contribution in [-0.2, 0) is 9.59 Å². The van der Waals surface area contributed by atoms with E-state index in [1.165, 1.54) is 0 Å². The van der Waals surface area contributed by atoms with Crippen molar-refractivity contribution in [2.24, 2.45) is 11.7 Å². The molecule has 1 aliphatic rings. The molecule has 0 aromatic heterocycles. The van der Waals surface area contributed by atoms with E-state index >= 15 is 0 Å². The average Bonchev–Trinajstić information content (AvgIpc) is 2.61. The Balaban J connectivity index is 2.21. The number of carbonyl (C=O) groups is 2. The number of hydrogen-bond acceptors (Lipinski definition) is 3. The number of carbonyl (C=O) groups excluding carboxylic acids is 2. The molecule has 18 heavy (non-hydrogen) atoms. The Hall–Kier alpha value is -1.10. The molecule has 0 aromatic carbocycles. The van der Waals surface area contributed by atoms with Gasteiger partial charge in [0.1, 0.15) is 0 Å². The lowest BCUT2D eigenvalue weighted by Crippen LogP contribution is -2.43. The van der Waals surface area contributed by atoms with Crippen LogP contribution in [0, 0.1) is 5.92 Å². The third-order valence-corrected chi connectivity index (χ3v) is 3.07. The second-order valence-corrected chi connectivity index (χ2v) is 6.04. The van der Waals surface area contributed by atoms with Gasteiger partial charge >= 0.3 is 0 Å². The minimum atomic E-state index is -0.227. The minimum absolute atomic E-state index is 0.0106. The molecule has 0 bridgehead atoms. The topological polar surface area (TPSA) is 84.2 Å². The van der Waals surface area contributed by atoms with Gasteiger partial charge in [-0.3, -0.25) is 9.59 Å². The normalized spacial score (nSPS) is 23.8. The SMILES string of the molecule is CC(C)(C)NC(=O)CCNC(=O)C1CCCC1N. The molecule has 104 valence electrons. The molecule has 0 aromatic rings. The molecule has 0 heterocycles. The molecule has 1 aliphatic carbocycles. The van der Waals surface area contributed by atoms with Gasteiger partial charge in [0, 0.05) is 24.5 Å². The number of amides is 2. The Morgan fingerprint density at radius 2 is 1.94 bits per heavy atom. The first-order chi connectivity index (χ1) is 8.29. The van der Waals surface area contributed by atoms with E-state index in [2.05, 4.69) is 10.6 Å². The summed E-state index contributed by atoms with van der Waals surface area (Å²) in [5, 5.41) is 5.65. The van der Waals surface area contributed by atoms with E-state index in [4.69, 9.17) is 5.73 Å². The summed E-state index contributed by atoms with van der Waals surface area (Å²) in [6.07, 6.45) is 3.11. The zero-order valence-corrected chi connectivity index (χ0v) is 11.6. The number of nitrogens with two attached hydrogens (primary N) is 1. The van der Waals surface area contributed by atoms with Gasteiger partial charge in [-0.2, -0.15) is 0 Å². The van der Waals surface area contributed by atoms with Gasteiger partial charge in [-0.1, -0.05) is 6.42 Å². The van der Waals surface area contributed by atoms with E-state index in [0.717, 1.165) is 19.3 Å². The standard InChI is InChI=1S/C13H25N3O2/c1-13(2,3)16-11(17)7-8-15-12(18)9-5-4-6-10(9)14/h9-10H,4-8,14H2,1-3H3,(H,15,18)(H,16,17). The van der Waals surface area contributed by atoms with E-state index in [0.29, 0.717) is 13.0 Å². The van der Waals surface area contributed by atoms with Crippen molar-refractivity contribution in [3.63, 3.8) is 0 Å². The van der Waals surface area contributed by atoms with Crippen LogP contribution in [-0.4, -0.2) is 29.9 Å². The third-order valence-electron chi connectivity index (χ3n) is 3.07. The fourth-order valence-electron chi connectivity index (χ4n) is 2.23. The van der Waals surface area contributed by atoms with E-state index in [1.807, 2.05) is 20.8 Å². The lowest BCUT2D eigenvalue weighted by molar-refractivity contribution is -0.125. The van der Waals surface area contributed by atoms with E-state index < -0.39 is 0 Å². The predicted octanol–water partition coefficient (Wildman–Crippen LogP) is 0.535. The molecule has 0 radical (unpaired) electrons. The van der Waals surface area contributed by atoms with Crippen molar-refractivity contribution in [1.82, 2.24) is 10.6 Å². The molecule has 4 N–H and O–H groups in total. The van der Waals surface area contributed by atoms with Crippen molar-refractivity contribution in [1.29, 1.82) is 0 Å². The Bertz CT molecular complexity index is 310. The van der Waals surface area contributed by atoms with E-state index in [1.54, 1.807) is 0 Å². The zero-order chi connectivity index (χ0) is 13.8. The Labute approximate surface area is 109 Å². The maximum atomic E-state index is 11.8. The smallest absolute Gasteiger partial charge is 0.224 e. The molecule has 5 nitrogen and oxygen atoms in total. The highest BCUT2D eigenvalue weighted by Gasteiger charge is 2.29. The lowest BCUT2D eigenvalue weighted by Gasteiger charge is -2.20. The first-order valence-corrected chi connectivity index (χ1v) is 6.64. The molecule has 2 unspecified atom stereocenters. The molecule has 2 atom stereocenters. The fourth-order valence-corrected chi connectivity index (χ4v) is 2.23. The van der Waals surface area contributed by atoms with Crippen LogP contribution in [0.2, 0.25) is 0 Å². The summed E-state index contributed by atoms with van der Waals surface area (Å²) in [7, 11) is 0. The number of rotatable bonds is 4. The van der Waals surface area contributed by atoms with Crippen LogP contribution in [0.25, 0.3) is 0 Å². The summed E-state index contributed by atoms with van der Waals surface area (Å²) >= 11 is 0. The van der Waals surface area contributed by atoms with Crippen LogP contribution in [0.5, 0.6) is 0 Å². The molecule has 1 fully saturated rings. The Kier molecular flexibility index (Phi) is 5.14. The Morgan fingerprint density at radius 3 is 2.44 bits per heavy atom. The monoisotopic (exact) mass is 255 g/mol. The first-order valence-electron chi connectivity index (χ1n) is 6.64. The van der Waals surface area contributed by atoms with Gasteiger partial charge < -0.3 is 16.4 Å². The van der Waals surface area contributed by atoms with Crippen molar-refractivity contribution in [2.45, 2.75) is 58.0 Å². The van der Waals surface area contributed by atoms with Gasteiger partial charge in [0.15, 0.2) is 0 Å². The summed E-state index contributed by atoms with van der Waals surface area (Å²) < 4.78 is 0. The van der Waals surface area contributed by atoms with Gasteiger partial charge in [0.05, 0.1) is 5.92 Å². The molecule has 1 saturated carbocycles. The van der Waals surface area contributed by atoms with Crippen molar-refractivity contribution < 1.29 is 9.59 Å². The molecule has 0 saturated heterocycles. The van der Waals surface area contributed by atoms with Gasteiger partial charge in [-0.05, 0) is 33.6 Å². The van der Waals surface area contributed by atoms with E-state index in [9.17, 15) is 9.59 Å². The summed E-state index contributed by atoms with van der Waals surface area (Å²) in [5.74, 6) is -0.127. The summed E-state index contributed by atoms with van der Waals surface area (Å²) in [4.78, 5) is 23.3. The van der Waals surface area contributed by atoms with Crippen molar-refractivity contribution in [3.8, 4) is 0 Å². The largest absolute Gasteiger partial charge is 0.355 e. The van der Waals surface area contributed by atoms with Crippen LogP contribution in [0.3, 0.4) is 0 Å². The quantitative estimate of drug-likeness (QED) is 0.685. The highest BCUT2D eigenvalue weighted by molar-refractivity contribution is 5.81. The first kappa shape index (κ1) is 15.0. The van der Waals surface area contributed by atoms with Crippen molar-refractivity contribution in [3.05, 3.63) is 0 Å². The molecular weight excluding hydrogens is 230 g/mol. The summed E-state index contributed by atoms with van der Waals surface area (Å²) in [6.45, 7) is 6.17. The van der Waals surface area contributed by atoms with Crippen molar-refractivity contribution in [2.75, 3.05) is 6.54 Å². The molecule has 1 rings (SSSR count). The number of hydrogen-bond donors (Lipinski definition) is 3. The molecule has 0 aliphatic heterocycles. The lowest BCUT2D eigenvalue weighted by atomic mass is 10.0. The summed E-state index contributed by atoms with van der Waals surface area (Å²) in [6, 6.07) is -0.0200. The molecular formula is C13H25N3O2. The molecule has 5 heteroatoms. The second-order valence-electron chi connectivity index (χ2n) is 6.04. The van der Waals surface area contributed by atoms with E-state index in [-0.39, 0.29) is 29.3 Å². The Morgan fingerprint density at radius 1 is 1.28 bits per heavy atom. The maximum absolute atomic E-state index is 11.8. The minimum Gasteiger partial charge on any atom is -0.355 e. The summed E-state index contributed by atoms with van der Waals surface area (Å²) in [5.41, 5.74) is 5.63. The predicted molar refractivity (Wildman–Crippen MR) is 70.8 cm³/mol. The second kappa shape index (κ2) is 6.18. The van der Waals surface area contributed by atoms with Gasteiger partial charge in [-0.25, -0.2) is 0 Å². The number of nitrogens with one attached hydrogen (secondary N) is 2. The van der Waals surface area contributed by atoms with Gasteiger partial charge in [0.25, 0.3) is 0 Å². The zero-order valence-electron chi connectivity index (χ0n) is 11.6. The maximum Gasteiger partial charge on any atom is 0.224 e. The highest BCUT2D eigenvalue weighted by Crippen LogP contribution is 2.23. The van der Waals surface area contributed by atoms with Crippen molar-refractivity contribution >= 4 is 11.8 Å². The fraction of sp³-hybridized carbons (Fsp3) is 0.846. The third kappa shape index (κ3) is 5.04. The molecule has 2 amide bonds. The van der Waals surface area contributed by atoms with Crippen LogP contribution in [0.1, 0.15) is 46.5 Å². The average molecular weight is 255 g/mol. The van der Waals surface area contributed by atoms with Gasteiger partial charge in [0.2, 0.25) is 11.8 Å². The molecule has 0 spiro atoms. The van der Waals surface area contributed by atoms with Gasteiger partial charge in [-0.15, -0.1) is 0 Å².